The van der Waals surface area contributed by atoms with E-state index < -0.39 is 5.91 Å². The molecular formula is C24H28N4O3. The van der Waals surface area contributed by atoms with E-state index in [1.807, 2.05) is 18.2 Å². The smallest absolute Gasteiger partial charge is 0.267 e. The summed E-state index contributed by atoms with van der Waals surface area (Å²) in [6.45, 7) is 6.30. The molecular weight excluding hydrogens is 392 g/mol. The molecule has 0 spiro atoms. The topological polar surface area (TPSA) is 85.8 Å². The van der Waals surface area contributed by atoms with E-state index in [2.05, 4.69) is 41.7 Å². The largest absolute Gasteiger partial charge is 0.368 e. The van der Waals surface area contributed by atoms with Gasteiger partial charge in [0.1, 0.15) is 0 Å². The van der Waals surface area contributed by atoms with Gasteiger partial charge in [-0.2, -0.15) is 0 Å². The van der Waals surface area contributed by atoms with Gasteiger partial charge in [-0.15, -0.1) is 0 Å². The highest BCUT2D eigenvalue weighted by Gasteiger charge is 2.26. The third-order valence-corrected chi connectivity index (χ3v) is 5.61. The molecule has 0 unspecified atom stereocenters. The first-order chi connectivity index (χ1) is 14.9. The highest BCUT2D eigenvalue weighted by Crippen LogP contribution is 2.23. The van der Waals surface area contributed by atoms with Gasteiger partial charge in [-0.1, -0.05) is 18.2 Å². The monoisotopic (exact) mass is 420 g/mol. The number of nitrogens with zero attached hydrogens (tertiary/aromatic N) is 3. The number of likely N-dealkylation sites (N-methyl/N-ethyl adjacent to an activating group) is 1. The SMILES string of the molecule is C[C@@H]1CN(c2cccc(C(=O)/C=C/c3ccc(/C=C/C(=O)NO)nc3)c2)C[C@H](C)N1C. The Kier molecular flexibility index (Phi) is 7.33. The minimum Gasteiger partial charge on any atom is -0.368 e. The van der Waals surface area contributed by atoms with Crippen molar-refractivity contribution >= 4 is 29.5 Å². The molecule has 1 aromatic carbocycles. The summed E-state index contributed by atoms with van der Waals surface area (Å²) in [5, 5.41) is 8.48. The van der Waals surface area contributed by atoms with Gasteiger partial charge in [-0.25, -0.2) is 5.48 Å². The van der Waals surface area contributed by atoms with Gasteiger partial charge in [-0.05, 0) is 62.9 Å². The molecule has 1 aliphatic rings. The fourth-order valence-electron chi connectivity index (χ4n) is 3.55. The van der Waals surface area contributed by atoms with Gasteiger partial charge in [0.05, 0.1) is 5.69 Å². The second-order valence-corrected chi connectivity index (χ2v) is 7.84. The molecule has 1 saturated heterocycles. The van der Waals surface area contributed by atoms with Crippen LogP contribution in [0.1, 0.15) is 35.5 Å². The maximum Gasteiger partial charge on any atom is 0.267 e. The third kappa shape index (κ3) is 5.87. The molecule has 31 heavy (non-hydrogen) atoms. The van der Waals surface area contributed by atoms with Crippen LogP contribution in [0.5, 0.6) is 0 Å². The Balaban J connectivity index is 1.67. The van der Waals surface area contributed by atoms with E-state index in [0.717, 1.165) is 24.3 Å². The predicted octanol–water partition coefficient (Wildman–Crippen LogP) is 3.03. The quantitative estimate of drug-likeness (QED) is 0.323. The average Bonchev–Trinajstić information content (AvgIpc) is 2.79. The zero-order valence-corrected chi connectivity index (χ0v) is 18.0. The number of rotatable bonds is 6. The molecule has 1 fully saturated rings. The molecule has 1 aromatic heterocycles. The van der Waals surface area contributed by atoms with Gasteiger partial charge in [0.25, 0.3) is 5.91 Å². The molecule has 0 aliphatic carbocycles. The van der Waals surface area contributed by atoms with Crippen LogP contribution in [0.4, 0.5) is 5.69 Å². The number of nitrogens with one attached hydrogen (secondary N) is 1. The molecule has 7 nitrogen and oxygen atoms in total. The standard InChI is InChI=1S/C24H28N4O3/c1-17-15-28(16-18(2)27(17)3)22-6-4-5-20(13-22)23(29)11-8-19-7-9-21(25-14-19)10-12-24(30)26-31/h4-14,17-18,31H,15-16H2,1-3H3,(H,26,30)/b11-8+,12-10+/t17-,18+. The Bertz CT molecular complexity index is 973. The number of benzene rings is 1. The number of carbonyl (C=O) groups excluding carboxylic acids is 2. The first kappa shape index (κ1) is 22.4. The molecule has 0 radical (unpaired) electrons. The number of hydroxylamine groups is 1. The number of carbonyl (C=O) groups is 2. The van der Waals surface area contributed by atoms with Crippen molar-refractivity contribution in [2.24, 2.45) is 0 Å². The lowest BCUT2D eigenvalue weighted by molar-refractivity contribution is -0.124. The average molecular weight is 421 g/mol. The highest BCUT2D eigenvalue weighted by molar-refractivity contribution is 6.07. The molecule has 2 aromatic rings. The van der Waals surface area contributed by atoms with Crippen molar-refractivity contribution in [2.75, 3.05) is 25.0 Å². The number of hydrogen-bond donors (Lipinski definition) is 2. The number of allylic oxidation sites excluding steroid dienone is 1. The summed E-state index contributed by atoms with van der Waals surface area (Å²) >= 11 is 0. The zero-order chi connectivity index (χ0) is 22.4. The number of ketones is 1. The molecule has 7 heteroatoms. The molecule has 1 amide bonds. The van der Waals surface area contributed by atoms with Crippen LogP contribution in [0, 0.1) is 0 Å². The minimum atomic E-state index is -0.626. The number of pyridine rings is 1. The van der Waals surface area contributed by atoms with Crippen LogP contribution in [-0.2, 0) is 4.79 Å². The lowest BCUT2D eigenvalue weighted by Gasteiger charge is -2.43. The van der Waals surface area contributed by atoms with Crippen LogP contribution in [-0.4, -0.2) is 59.0 Å². The van der Waals surface area contributed by atoms with E-state index in [0.29, 0.717) is 23.3 Å². The molecule has 2 atom stereocenters. The lowest BCUT2D eigenvalue weighted by Crippen LogP contribution is -2.55. The number of hydrogen-bond acceptors (Lipinski definition) is 6. The van der Waals surface area contributed by atoms with Gasteiger partial charge < -0.3 is 4.90 Å². The van der Waals surface area contributed by atoms with Crippen molar-refractivity contribution in [3.8, 4) is 0 Å². The normalized spacial score (nSPS) is 19.8. The van der Waals surface area contributed by atoms with E-state index in [1.54, 1.807) is 30.5 Å². The first-order valence-corrected chi connectivity index (χ1v) is 10.2. The van der Waals surface area contributed by atoms with E-state index in [9.17, 15) is 9.59 Å². The van der Waals surface area contributed by atoms with Crippen molar-refractivity contribution in [3.63, 3.8) is 0 Å². The number of aromatic nitrogens is 1. The number of amides is 1. The van der Waals surface area contributed by atoms with E-state index in [4.69, 9.17) is 5.21 Å². The van der Waals surface area contributed by atoms with Crippen LogP contribution in [0.3, 0.4) is 0 Å². The van der Waals surface area contributed by atoms with E-state index >= 15 is 0 Å². The highest BCUT2D eigenvalue weighted by atomic mass is 16.5. The fraction of sp³-hybridized carbons (Fsp3) is 0.292. The van der Waals surface area contributed by atoms with Gasteiger partial charge in [0.15, 0.2) is 5.78 Å². The van der Waals surface area contributed by atoms with Gasteiger partial charge in [0.2, 0.25) is 0 Å². The van der Waals surface area contributed by atoms with Crippen LogP contribution in [0.15, 0.2) is 54.7 Å². The van der Waals surface area contributed by atoms with Gasteiger partial charge >= 0.3 is 0 Å². The Morgan fingerprint density at radius 2 is 1.84 bits per heavy atom. The molecule has 3 rings (SSSR count). The summed E-state index contributed by atoms with van der Waals surface area (Å²) in [4.78, 5) is 32.6. The molecule has 2 N–H and O–H groups in total. The predicted molar refractivity (Wildman–Crippen MR) is 122 cm³/mol. The number of piperazine rings is 1. The van der Waals surface area contributed by atoms with Crippen LogP contribution >= 0.6 is 0 Å². The summed E-state index contributed by atoms with van der Waals surface area (Å²) in [5.74, 6) is -0.695. The molecule has 0 bridgehead atoms. The van der Waals surface area contributed by atoms with Crippen molar-refractivity contribution in [1.29, 1.82) is 0 Å². The second-order valence-electron chi connectivity index (χ2n) is 7.84. The summed E-state index contributed by atoms with van der Waals surface area (Å²) in [5.41, 5.74) is 4.57. The van der Waals surface area contributed by atoms with E-state index in [-0.39, 0.29) is 5.78 Å². The lowest BCUT2D eigenvalue weighted by atomic mass is 10.1. The Morgan fingerprint density at radius 3 is 2.48 bits per heavy atom. The van der Waals surface area contributed by atoms with Crippen LogP contribution in [0.2, 0.25) is 0 Å². The summed E-state index contributed by atoms with van der Waals surface area (Å²) in [7, 11) is 2.15. The Labute approximate surface area is 182 Å². The van der Waals surface area contributed by atoms with Crippen molar-refractivity contribution in [3.05, 3.63) is 71.6 Å². The molecule has 1 aliphatic heterocycles. The van der Waals surface area contributed by atoms with Gasteiger partial charge in [0, 0.05) is 48.7 Å². The zero-order valence-electron chi connectivity index (χ0n) is 18.0. The van der Waals surface area contributed by atoms with Crippen molar-refractivity contribution in [2.45, 2.75) is 25.9 Å². The van der Waals surface area contributed by atoms with Gasteiger partial charge in [-0.3, -0.25) is 24.7 Å². The van der Waals surface area contributed by atoms with Crippen molar-refractivity contribution in [1.82, 2.24) is 15.4 Å². The summed E-state index contributed by atoms with van der Waals surface area (Å²) in [6.07, 6.45) is 7.53. The van der Waals surface area contributed by atoms with Crippen LogP contribution in [0.25, 0.3) is 12.2 Å². The maximum absolute atomic E-state index is 12.7. The summed E-state index contributed by atoms with van der Waals surface area (Å²) in [6, 6.07) is 12.2. The molecule has 2 heterocycles. The third-order valence-electron chi connectivity index (χ3n) is 5.61. The first-order valence-electron chi connectivity index (χ1n) is 10.2. The second kappa shape index (κ2) is 10.1. The maximum atomic E-state index is 12.7. The Morgan fingerprint density at radius 1 is 1.10 bits per heavy atom. The minimum absolute atomic E-state index is 0.0688. The van der Waals surface area contributed by atoms with Crippen molar-refractivity contribution < 1.29 is 14.8 Å². The van der Waals surface area contributed by atoms with E-state index in [1.165, 1.54) is 17.6 Å². The number of anilines is 1. The molecule has 0 saturated carbocycles. The Hall–Kier alpha value is -3.29. The fourth-order valence-corrected chi connectivity index (χ4v) is 3.55. The summed E-state index contributed by atoms with van der Waals surface area (Å²) < 4.78 is 0. The van der Waals surface area contributed by atoms with Crippen LogP contribution < -0.4 is 10.4 Å². The molecule has 162 valence electrons.